The molecular weight excluding hydrogens is 246 g/mol. The minimum absolute atomic E-state index is 0.0855. The fourth-order valence-corrected chi connectivity index (χ4v) is 1.66. The second-order valence-corrected chi connectivity index (χ2v) is 4.90. The lowest BCUT2D eigenvalue weighted by atomic mass is 10.2. The van der Waals surface area contributed by atoms with Crippen molar-refractivity contribution in [3.05, 3.63) is 5.89 Å². The lowest BCUT2D eigenvalue weighted by Gasteiger charge is -2.20. The first-order valence-corrected chi connectivity index (χ1v) is 6.59. The summed E-state index contributed by atoms with van der Waals surface area (Å²) in [7, 11) is 0. The maximum Gasteiger partial charge on any atom is 0.318 e. The Kier molecular flexibility index (Phi) is 6.27. The van der Waals surface area contributed by atoms with Crippen LogP contribution in [0.3, 0.4) is 0 Å². The minimum Gasteiger partial charge on any atom is -0.407 e. The Hall–Kier alpha value is -1.63. The minimum atomic E-state index is -0.412. The standard InChI is InChI=1S/C12H23N5O2/c1-4-5-14-6-11-15-16-12(19-11)17(7-9(2)3)8-10(13)18/h9,14H,4-8H2,1-3H3,(H2,13,18). The summed E-state index contributed by atoms with van der Waals surface area (Å²) in [6.45, 7) is 8.35. The molecule has 0 unspecified atom stereocenters. The van der Waals surface area contributed by atoms with Crippen LogP contribution >= 0.6 is 0 Å². The number of carbonyl (C=O) groups excluding carboxylic acids is 1. The molecule has 0 aliphatic carbocycles. The largest absolute Gasteiger partial charge is 0.407 e. The van der Waals surface area contributed by atoms with E-state index in [0.717, 1.165) is 13.0 Å². The molecule has 0 atom stereocenters. The molecule has 1 aromatic rings. The van der Waals surface area contributed by atoms with Gasteiger partial charge in [0.1, 0.15) is 6.54 Å². The van der Waals surface area contributed by atoms with Crippen molar-refractivity contribution in [3.8, 4) is 0 Å². The van der Waals surface area contributed by atoms with Crippen LogP contribution in [0, 0.1) is 5.92 Å². The summed E-state index contributed by atoms with van der Waals surface area (Å²) in [5, 5.41) is 11.1. The van der Waals surface area contributed by atoms with E-state index in [1.165, 1.54) is 0 Å². The average Bonchev–Trinajstić information content (AvgIpc) is 2.76. The fourth-order valence-electron chi connectivity index (χ4n) is 1.66. The summed E-state index contributed by atoms with van der Waals surface area (Å²) in [6, 6.07) is 0.348. The van der Waals surface area contributed by atoms with Crippen LogP contribution in [0.2, 0.25) is 0 Å². The zero-order chi connectivity index (χ0) is 14.3. The van der Waals surface area contributed by atoms with E-state index in [9.17, 15) is 4.79 Å². The Bertz CT molecular complexity index is 391. The molecule has 0 radical (unpaired) electrons. The van der Waals surface area contributed by atoms with Gasteiger partial charge < -0.3 is 20.4 Å². The van der Waals surface area contributed by atoms with Gasteiger partial charge in [0.05, 0.1) is 6.54 Å². The molecule has 1 heterocycles. The third-order valence-corrected chi connectivity index (χ3v) is 2.36. The van der Waals surface area contributed by atoms with Gasteiger partial charge in [0.2, 0.25) is 11.8 Å². The fraction of sp³-hybridized carbons (Fsp3) is 0.750. The normalized spacial score (nSPS) is 10.9. The van der Waals surface area contributed by atoms with Crippen LogP contribution < -0.4 is 16.0 Å². The maximum absolute atomic E-state index is 11.1. The zero-order valence-electron chi connectivity index (χ0n) is 11.8. The quantitative estimate of drug-likeness (QED) is 0.634. The van der Waals surface area contributed by atoms with Crippen LogP contribution in [-0.2, 0) is 11.3 Å². The second-order valence-electron chi connectivity index (χ2n) is 4.90. The number of hydrogen-bond donors (Lipinski definition) is 2. The molecule has 3 N–H and O–H groups in total. The van der Waals surface area contributed by atoms with Crippen molar-refractivity contribution in [2.45, 2.75) is 33.7 Å². The lowest BCUT2D eigenvalue weighted by Crippen LogP contribution is -2.36. The molecule has 0 aromatic carbocycles. The number of rotatable bonds is 9. The van der Waals surface area contributed by atoms with Gasteiger partial charge in [-0.3, -0.25) is 4.79 Å². The van der Waals surface area contributed by atoms with E-state index in [1.807, 2.05) is 13.8 Å². The molecule has 0 spiro atoms. The van der Waals surface area contributed by atoms with Crippen LogP contribution in [-0.4, -0.2) is 35.7 Å². The zero-order valence-corrected chi connectivity index (χ0v) is 11.8. The molecule has 0 aliphatic heterocycles. The molecule has 1 rings (SSSR count). The van der Waals surface area contributed by atoms with Gasteiger partial charge in [-0.25, -0.2) is 0 Å². The van der Waals surface area contributed by atoms with Gasteiger partial charge in [0.15, 0.2) is 0 Å². The number of nitrogens with two attached hydrogens (primary N) is 1. The summed E-state index contributed by atoms with van der Waals surface area (Å²) in [5.74, 6) is 0.471. The number of amides is 1. The molecular formula is C12H23N5O2. The Morgan fingerprint density at radius 3 is 2.79 bits per heavy atom. The molecule has 0 aliphatic rings. The van der Waals surface area contributed by atoms with Crippen LogP contribution in [0.1, 0.15) is 33.1 Å². The number of nitrogens with one attached hydrogen (secondary N) is 1. The topological polar surface area (TPSA) is 97.3 Å². The van der Waals surface area contributed by atoms with Gasteiger partial charge in [-0.15, -0.1) is 5.10 Å². The van der Waals surface area contributed by atoms with Gasteiger partial charge >= 0.3 is 6.01 Å². The predicted octanol–water partition coefficient (Wildman–Crippen LogP) is 0.517. The van der Waals surface area contributed by atoms with Gasteiger partial charge in [-0.05, 0) is 18.9 Å². The van der Waals surface area contributed by atoms with Crippen molar-refractivity contribution < 1.29 is 9.21 Å². The number of aromatic nitrogens is 2. The summed E-state index contributed by atoms with van der Waals surface area (Å²) >= 11 is 0. The Balaban J connectivity index is 2.65. The highest BCUT2D eigenvalue weighted by atomic mass is 16.4. The third kappa shape index (κ3) is 5.69. The Morgan fingerprint density at radius 1 is 1.47 bits per heavy atom. The smallest absolute Gasteiger partial charge is 0.318 e. The van der Waals surface area contributed by atoms with Crippen molar-refractivity contribution in [1.82, 2.24) is 15.5 Å². The number of nitrogens with zero attached hydrogens (tertiary/aromatic N) is 3. The molecule has 7 nitrogen and oxygen atoms in total. The maximum atomic E-state index is 11.1. The van der Waals surface area contributed by atoms with Crippen molar-refractivity contribution in [1.29, 1.82) is 0 Å². The Labute approximate surface area is 113 Å². The van der Waals surface area contributed by atoms with Crippen LogP contribution in [0.5, 0.6) is 0 Å². The predicted molar refractivity (Wildman–Crippen MR) is 72.5 cm³/mol. The van der Waals surface area contributed by atoms with E-state index in [0.29, 0.717) is 30.9 Å². The monoisotopic (exact) mass is 269 g/mol. The summed E-state index contributed by atoms with van der Waals surface area (Å²) in [5.41, 5.74) is 5.23. The van der Waals surface area contributed by atoms with Crippen LogP contribution in [0.15, 0.2) is 4.42 Å². The molecule has 0 saturated heterocycles. The highest BCUT2D eigenvalue weighted by molar-refractivity contribution is 5.78. The molecule has 0 fully saturated rings. The molecule has 1 aromatic heterocycles. The van der Waals surface area contributed by atoms with Gasteiger partial charge in [-0.1, -0.05) is 25.9 Å². The summed E-state index contributed by atoms with van der Waals surface area (Å²) in [6.07, 6.45) is 1.04. The van der Waals surface area contributed by atoms with Crippen LogP contribution in [0.4, 0.5) is 6.01 Å². The molecule has 0 saturated carbocycles. The summed E-state index contributed by atoms with van der Waals surface area (Å²) < 4.78 is 5.53. The first kappa shape index (κ1) is 15.4. The Morgan fingerprint density at radius 2 is 2.21 bits per heavy atom. The third-order valence-electron chi connectivity index (χ3n) is 2.36. The molecule has 19 heavy (non-hydrogen) atoms. The van der Waals surface area contributed by atoms with E-state index < -0.39 is 5.91 Å². The second kappa shape index (κ2) is 7.73. The van der Waals surface area contributed by atoms with E-state index in [2.05, 4.69) is 22.4 Å². The first-order valence-electron chi connectivity index (χ1n) is 6.59. The van der Waals surface area contributed by atoms with Crippen molar-refractivity contribution >= 4 is 11.9 Å². The van der Waals surface area contributed by atoms with Crippen molar-refractivity contribution in [2.24, 2.45) is 11.7 Å². The van der Waals surface area contributed by atoms with Gasteiger partial charge in [-0.2, -0.15) is 0 Å². The number of carbonyl (C=O) groups is 1. The highest BCUT2D eigenvalue weighted by Gasteiger charge is 2.17. The van der Waals surface area contributed by atoms with E-state index in [1.54, 1.807) is 4.90 Å². The average molecular weight is 269 g/mol. The molecule has 1 amide bonds. The van der Waals surface area contributed by atoms with Crippen molar-refractivity contribution in [2.75, 3.05) is 24.5 Å². The van der Waals surface area contributed by atoms with E-state index in [4.69, 9.17) is 10.2 Å². The summed E-state index contributed by atoms with van der Waals surface area (Å²) in [4.78, 5) is 12.8. The number of primary amides is 1. The highest BCUT2D eigenvalue weighted by Crippen LogP contribution is 2.13. The van der Waals surface area contributed by atoms with E-state index in [-0.39, 0.29) is 6.54 Å². The van der Waals surface area contributed by atoms with Gasteiger partial charge in [0, 0.05) is 6.54 Å². The molecule has 0 bridgehead atoms. The van der Waals surface area contributed by atoms with E-state index >= 15 is 0 Å². The van der Waals surface area contributed by atoms with Gasteiger partial charge in [0.25, 0.3) is 0 Å². The molecule has 7 heteroatoms. The lowest BCUT2D eigenvalue weighted by molar-refractivity contribution is -0.116. The number of anilines is 1. The van der Waals surface area contributed by atoms with Crippen LogP contribution in [0.25, 0.3) is 0 Å². The number of hydrogen-bond acceptors (Lipinski definition) is 6. The van der Waals surface area contributed by atoms with Crippen molar-refractivity contribution in [3.63, 3.8) is 0 Å². The SMILES string of the molecule is CCCNCc1nnc(N(CC(N)=O)CC(C)C)o1. The molecule has 108 valence electrons. The first-order chi connectivity index (χ1) is 9.02.